The first-order valence-electron chi connectivity index (χ1n) is 17.1. The Labute approximate surface area is 294 Å². The van der Waals surface area contributed by atoms with E-state index in [-0.39, 0.29) is 5.41 Å². The first-order valence-corrected chi connectivity index (χ1v) is 17.1. The van der Waals surface area contributed by atoms with E-state index in [1.165, 1.54) is 33.0 Å². The van der Waals surface area contributed by atoms with Crippen LogP contribution in [0.15, 0.2) is 170 Å². The number of nitrogens with zero attached hydrogens (tertiary/aromatic N) is 3. The molecule has 0 radical (unpaired) electrons. The lowest BCUT2D eigenvalue weighted by molar-refractivity contribution is 0.596. The van der Waals surface area contributed by atoms with Crippen molar-refractivity contribution in [2.75, 3.05) is 0 Å². The highest BCUT2D eigenvalue weighted by Crippen LogP contribution is 2.37. The zero-order chi connectivity index (χ0) is 34.1. The molecule has 0 aliphatic heterocycles. The summed E-state index contributed by atoms with van der Waals surface area (Å²) in [6.45, 7) is 6.82. The summed E-state index contributed by atoms with van der Waals surface area (Å²) in [6, 6.07) is 59.6. The molecule has 8 aromatic rings. The fourth-order valence-corrected chi connectivity index (χ4v) is 6.65. The van der Waals surface area contributed by atoms with Crippen molar-refractivity contribution in [3.05, 3.63) is 175 Å². The number of hydrogen-bond donors (Lipinski definition) is 0. The summed E-state index contributed by atoms with van der Waals surface area (Å²) in [6.07, 6.45) is 0. The van der Waals surface area contributed by atoms with Crippen LogP contribution in [0.5, 0.6) is 0 Å². The summed E-state index contributed by atoms with van der Waals surface area (Å²) in [5.74, 6) is 1.93. The highest BCUT2D eigenvalue weighted by Gasteiger charge is 2.19. The van der Waals surface area contributed by atoms with E-state index in [1.807, 2.05) is 12.1 Å². The number of benzene rings is 7. The lowest BCUT2D eigenvalue weighted by atomic mass is 9.82. The first kappa shape index (κ1) is 31.1. The molecule has 3 nitrogen and oxygen atoms in total. The van der Waals surface area contributed by atoms with Gasteiger partial charge in [-0.15, -0.1) is 0 Å². The molecule has 0 saturated heterocycles. The number of aromatic nitrogens is 3. The Hall–Kier alpha value is -6.19. The molecule has 1 heterocycles. The Bertz CT molecular complexity index is 2310. The maximum absolute atomic E-state index is 5.04. The second-order valence-electron chi connectivity index (χ2n) is 13.7. The quantitative estimate of drug-likeness (QED) is 0.181. The summed E-state index contributed by atoms with van der Waals surface area (Å²) in [5.41, 5.74) is 11.3. The average molecular weight is 644 g/mol. The molecule has 50 heavy (non-hydrogen) atoms. The van der Waals surface area contributed by atoms with Crippen molar-refractivity contribution in [2.24, 2.45) is 0 Å². The minimum atomic E-state index is 0.0554. The number of rotatable bonds is 6. The molecule has 0 unspecified atom stereocenters. The molecule has 0 aliphatic rings. The molecule has 0 bridgehead atoms. The fourth-order valence-electron chi connectivity index (χ4n) is 6.65. The van der Waals surface area contributed by atoms with Crippen molar-refractivity contribution < 1.29 is 0 Å². The zero-order valence-electron chi connectivity index (χ0n) is 28.5. The highest BCUT2D eigenvalue weighted by molar-refractivity contribution is 5.99. The molecule has 1 aromatic heterocycles. The van der Waals surface area contributed by atoms with Crippen molar-refractivity contribution in [1.29, 1.82) is 0 Å². The van der Waals surface area contributed by atoms with Gasteiger partial charge in [-0.3, -0.25) is 0 Å². The van der Waals surface area contributed by atoms with Crippen LogP contribution in [-0.2, 0) is 5.41 Å². The third kappa shape index (κ3) is 6.22. The van der Waals surface area contributed by atoms with Gasteiger partial charge in [-0.25, -0.2) is 15.0 Å². The van der Waals surface area contributed by atoms with Crippen LogP contribution in [-0.4, -0.2) is 15.0 Å². The standard InChI is InChI=1S/C47H37N3/c1-47(2,3)43-31-30-40(41-16-10-11-17-42(41)43)36-22-28-39(29-23-36)46-49-44(37-24-18-34(19-25-37)32-12-6-4-7-13-32)48-45(50-46)38-26-20-35(21-27-38)33-14-8-5-9-15-33/h4-31H,1-3H3. The van der Waals surface area contributed by atoms with E-state index in [0.29, 0.717) is 17.5 Å². The van der Waals surface area contributed by atoms with Crippen LogP contribution < -0.4 is 0 Å². The van der Waals surface area contributed by atoms with Crippen LogP contribution in [0.1, 0.15) is 26.3 Å². The van der Waals surface area contributed by atoms with E-state index >= 15 is 0 Å². The van der Waals surface area contributed by atoms with E-state index in [4.69, 9.17) is 15.0 Å². The van der Waals surface area contributed by atoms with Gasteiger partial charge in [0.25, 0.3) is 0 Å². The maximum Gasteiger partial charge on any atom is 0.164 e. The number of fused-ring (bicyclic) bond motifs is 1. The first-order chi connectivity index (χ1) is 24.4. The molecule has 3 heteroatoms. The highest BCUT2D eigenvalue weighted by atomic mass is 15.0. The van der Waals surface area contributed by atoms with Crippen molar-refractivity contribution in [1.82, 2.24) is 15.0 Å². The van der Waals surface area contributed by atoms with E-state index in [2.05, 4.69) is 178 Å². The molecular formula is C47H37N3. The second-order valence-corrected chi connectivity index (χ2v) is 13.7. The van der Waals surface area contributed by atoms with Crippen molar-refractivity contribution >= 4 is 10.8 Å². The lowest BCUT2D eigenvalue weighted by Crippen LogP contribution is -2.11. The minimum Gasteiger partial charge on any atom is -0.208 e. The van der Waals surface area contributed by atoms with Crippen LogP contribution in [0, 0.1) is 0 Å². The van der Waals surface area contributed by atoms with Crippen LogP contribution >= 0.6 is 0 Å². The molecule has 0 saturated carbocycles. The summed E-state index contributed by atoms with van der Waals surface area (Å²) in [5, 5.41) is 2.56. The van der Waals surface area contributed by atoms with Gasteiger partial charge >= 0.3 is 0 Å². The van der Waals surface area contributed by atoms with E-state index < -0.39 is 0 Å². The van der Waals surface area contributed by atoms with Crippen LogP contribution in [0.3, 0.4) is 0 Å². The molecule has 0 atom stereocenters. The van der Waals surface area contributed by atoms with Crippen LogP contribution in [0.2, 0.25) is 0 Å². The number of hydrogen-bond acceptors (Lipinski definition) is 3. The molecule has 0 fully saturated rings. The normalized spacial score (nSPS) is 11.5. The van der Waals surface area contributed by atoms with Gasteiger partial charge in [-0.05, 0) is 55.1 Å². The van der Waals surface area contributed by atoms with Gasteiger partial charge in [0.2, 0.25) is 0 Å². The van der Waals surface area contributed by atoms with Crippen LogP contribution in [0.4, 0.5) is 0 Å². The fraction of sp³-hybridized carbons (Fsp3) is 0.0851. The summed E-state index contributed by atoms with van der Waals surface area (Å²) < 4.78 is 0. The summed E-state index contributed by atoms with van der Waals surface area (Å²) in [7, 11) is 0. The average Bonchev–Trinajstić information content (AvgIpc) is 3.18. The molecule has 0 aliphatic carbocycles. The molecule has 7 aromatic carbocycles. The Kier molecular flexibility index (Phi) is 8.10. The Morgan fingerprint density at radius 3 is 1.06 bits per heavy atom. The van der Waals surface area contributed by atoms with Gasteiger partial charge in [0.15, 0.2) is 17.5 Å². The van der Waals surface area contributed by atoms with E-state index in [9.17, 15) is 0 Å². The summed E-state index contributed by atoms with van der Waals surface area (Å²) >= 11 is 0. The third-order valence-corrected chi connectivity index (χ3v) is 9.32. The van der Waals surface area contributed by atoms with Gasteiger partial charge in [0.05, 0.1) is 0 Å². The smallest absolute Gasteiger partial charge is 0.164 e. The largest absolute Gasteiger partial charge is 0.208 e. The molecule has 0 amide bonds. The minimum absolute atomic E-state index is 0.0554. The Morgan fingerprint density at radius 2 is 0.640 bits per heavy atom. The van der Waals surface area contributed by atoms with Crippen molar-refractivity contribution in [2.45, 2.75) is 26.2 Å². The third-order valence-electron chi connectivity index (χ3n) is 9.32. The zero-order valence-corrected chi connectivity index (χ0v) is 28.5. The predicted molar refractivity (Wildman–Crippen MR) is 209 cm³/mol. The lowest BCUT2D eigenvalue weighted by Gasteiger charge is -2.22. The Balaban J connectivity index is 1.19. The van der Waals surface area contributed by atoms with Gasteiger partial charge in [-0.2, -0.15) is 0 Å². The predicted octanol–water partition coefficient (Wildman–Crippen LogP) is 12.3. The molecule has 0 spiro atoms. The van der Waals surface area contributed by atoms with Crippen molar-refractivity contribution in [3.8, 4) is 67.5 Å². The van der Waals surface area contributed by atoms with E-state index in [1.54, 1.807) is 0 Å². The maximum atomic E-state index is 5.04. The Morgan fingerprint density at radius 1 is 0.300 bits per heavy atom. The molecular weight excluding hydrogens is 607 g/mol. The van der Waals surface area contributed by atoms with E-state index in [0.717, 1.165) is 33.4 Å². The molecule has 8 rings (SSSR count). The van der Waals surface area contributed by atoms with Crippen molar-refractivity contribution in [3.63, 3.8) is 0 Å². The summed E-state index contributed by atoms with van der Waals surface area (Å²) in [4.78, 5) is 15.1. The SMILES string of the molecule is CC(C)(C)c1ccc(-c2ccc(-c3nc(-c4ccc(-c5ccccc5)cc4)nc(-c4ccc(-c5ccccc5)cc4)n3)cc2)c2ccccc12. The molecule has 0 N–H and O–H groups in total. The van der Waals surface area contributed by atoms with Gasteiger partial charge < -0.3 is 0 Å². The monoisotopic (exact) mass is 643 g/mol. The van der Waals surface area contributed by atoms with Gasteiger partial charge in [-0.1, -0.05) is 191 Å². The van der Waals surface area contributed by atoms with Crippen LogP contribution in [0.25, 0.3) is 78.3 Å². The molecule has 240 valence electrons. The van der Waals surface area contributed by atoms with Gasteiger partial charge in [0, 0.05) is 16.7 Å². The second kappa shape index (κ2) is 13.0. The van der Waals surface area contributed by atoms with Gasteiger partial charge in [0.1, 0.15) is 0 Å². The topological polar surface area (TPSA) is 38.7 Å².